The van der Waals surface area contributed by atoms with E-state index in [0.717, 1.165) is 16.8 Å². The Morgan fingerprint density at radius 1 is 0.972 bits per heavy atom. The van der Waals surface area contributed by atoms with Gasteiger partial charge in [-0.1, -0.05) is 84.6 Å². The summed E-state index contributed by atoms with van der Waals surface area (Å²) in [6.07, 6.45) is 0.475. The minimum absolute atomic E-state index is 0.0196. The molecule has 180 valence electrons. The molecule has 3 aliphatic rings. The number of allylic oxidation sites excluding steroid dienone is 1. The summed E-state index contributed by atoms with van der Waals surface area (Å²) in [7, 11) is 1.32. The molecule has 7 heteroatoms. The van der Waals surface area contributed by atoms with Crippen molar-refractivity contribution in [2.45, 2.75) is 23.8 Å². The number of nitrogens with zero attached hydrogens (tertiary/aromatic N) is 1. The van der Waals surface area contributed by atoms with Crippen molar-refractivity contribution in [2.75, 3.05) is 12.4 Å². The second-order valence-corrected chi connectivity index (χ2v) is 10.1. The predicted octanol–water partition coefficient (Wildman–Crippen LogP) is 5.23. The number of anilines is 1. The number of ether oxygens (including phenoxy) is 1. The van der Waals surface area contributed by atoms with E-state index in [9.17, 15) is 14.7 Å². The first-order chi connectivity index (χ1) is 17.6. The SMILES string of the molecule is COC(=O)C1=C(O)C2SC(Nc3ccccc3)=C(C(=O)c3ccccc3)N3C1Cc1ccccc1C23. The number of aliphatic hydroxyl groups excluding tert-OH is 1. The average Bonchev–Trinajstić information content (AvgIpc) is 2.92. The van der Waals surface area contributed by atoms with Gasteiger partial charge in [-0.3, -0.25) is 4.79 Å². The van der Waals surface area contributed by atoms with Gasteiger partial charge in [-0.25, -0.2) is 4.79 Å². The number of hydrogen-bond acceptors (Lipinski definition) is 7. The number of rotatable bonds is 5. The molecular formula is C29H24N2O4S. The highest BCUT2D eigenvalue weighted by atomic mass is 32.2. The molecule has 3 aromatic carbocycles. The average molecular weight is 497 g/mol. The van der Waals surface area contributed by atoms with Crippen molar-refractivity contribution in [3.63, 3.8) is 0 Å². The number of hydrogen-bond donors (Lipinski definition) is 2. The smallest absolute Gasteiger partial charge is 0.339 e. The van der Waals surface area contributed by atoms with Crippen molar-refractivity contribution in [1.29, 1.82) is 0 Å². The van der Waals surface area contributed by atoms with E-state index >= 15 is 0 Å². The molecule has 3 heterocycles. The van der Waals surface area contributed by atoms with Crippen LogP contribution in [0.4, 0.5) is 5.69 Å². The first-order valence-corrected chi connectivity index (χ1v) is 12.7. The van der Waals surface area contributed by atoms with Crippen molar-refractivity contribution in [1.82, 2.24) is 4.90 Å². The molecule has 0 fully saturated rings. The van der Waals surface area contributed by atoms with Gasteiger partial charge in [0, 0.05) is 11.3 Å². The molecule has 2 N–H and O–H groups in total. The Morgan fingerprint density at radius 3 is 2.36 bits per heavy atom. The highest BCUT2D eigenvalue weighted by Crippen LogP contribution is 2.56. The maximum absolute atomic E-state index is 14.1. The summed E-state index contributed by atoms with van der Waals surface area (Å²) in [6.45, 7) is 0. The van der Waals surface area contributed by atoms with Crippen LogP contribution in [0.3, 0.4) is 0 Å². The molecule has 0 aliphatic carbocycles. The van der Waals surface area contributed by atoms with E-state index in [2.05, 4.69) is 11.4 Å². The third-order valence-electron chi connectivity index (χ3n) is 6.99. The summed E-state index contributed by atoms with van der Waals surface area (Å²) >= 11 is 1.37. The maximum Gasteiger partial charge on any atom is 0.339 e. The number of fused-ring (bicyclic) bond motifs is 1. The third-order valence-corrected chi connectivity index (χ3v) is 8.26. The first kappa shape index (κ1) is 22.5. The third kappa shape index (κ3) is 3.50. The molecular weight excluding hydrogens is 472 g/mol. The topological polar surface area (TPSA) is 78.9 Å². The van der Waals surface area contributed by atoms with Gasteiger partial charge in [-0.05, 0) is 29.7 Å². The lowest BCUT2D eigenvalue weighted by Crippen LogP contribution is -2.56. The van der Waals surface area contributed by atoms with Crippen LogP contribution in [0.5, 0.6) is 0 Å². The van der Waals surface area contributed by atoms with Gasteiger partial charge in [0.15, 0.2) is 0 Å². The molecule has 6 nitrogen and oxygen atoms in total. The molecule has 0 saturated carbocycles. The summed E-state index contributed by atoms with van der Waals surface area (Å²) in [5.41, 5.74) is 4.26. The Balaban J connectivity index is 1.58. The lowest BCUT2D eigenvalue weighted by atomic mass is 9.77. The number of aliphatic hydroxyl groups is 1. The van der Waals surface area contributed by atoms with Crippen LogP contribution in [-0.2, 0) is 16.0 Å². The Kier molecular flexibility index (Phi) is 5.57. The quantitative estimate of drug-likeness (QED) is 0.370. The lowest BCUT2D eigenvalue weighted by molar-refractivity contribution is -0.137. The maximum atomic E-state index is 14.1. The van der Waals surface area contributed by atoms with Crippen LogP contribution in [0, 0.1) is 0 Å². The van der Waals surface area contributed by atoms with Crippen molar-refractivity contribution in [3.05, 3.63) is 124 Å². The number of methoxy groups -OCH3 is 1. The monoisotopic (exact) mass is 496 g/mol. The zero-order chi connectivity index (χ0) is 24.8. The van der Waals surface area contributed by atoms with Crippen molar-refractivity contribution < 1.29 is 19.4 Å². The van der Waals surface area contributed by atoms with Gasteiger partial charge in [0.2, 0.25) is 5.78 Å². The summed E-state index contributed by atoms with van der Waals surface area (Å²) in [4.78, 5) is 29.1. The van der Waals surface area contributed by atoms with E-state index in [4.69, 9.17) is 4.74 Å². The predicted molar refractivity (Wildman–Crippen MR) is 139 cm³/mol. The molecule has 6 rings (SSSR count). The minimum atomic E-state index is -0.572. The fraction of sp³-hybridized carbons (Fsp3) is 0.172. The molecule has 3 atom stereocenters. The summed E-state index contributed by atoms with van der Waals surface area (Å²) < 4.78 is 5.10. The molecule has 3 aromatic rings. The van der Waals surface area contributed by atoms with Gasteiger partial charge in [0.1, 0.15) is 16.5 Å². The van der Waals surface area contributed by atoms with Crippen LogP contribution >= 0.6 is 11.8 Å². The van der Waals surface area contributed by atoms with Gasteiger partial charge in [0.05, 0.1) is 30.0 Å². The molecule has 3 unspecified atom stereocenters. The number of ketones is 1. The van der Waals surface area contributed by atoms with Crippen molar-refractivity contribution in [3.8, 4) is 0 Å². The largest absolute Gasteiger partial charge is 0.510 e. The van der Waals surface area contributed by atoms with Crippen LogP contribution < -0.4 is 5.32 Å². The van der Waals surface area contributed by atoms with E-state index in [-0.39, 0.29) is 23.2 Å². The minimum Gasteiger partial charge on any atom is -0.510 e. The molecule has 0 radical (unpaired) electrons. The van der Waals surface area contributed by atoms with Gasteiger partial charge in [0.25, 0.3) is 0 Å². The van der Waals surface area contributed by atoms with Crippen molar-refractivity contribution in [2.24, 2.45) is 0 Å². The number of esters is 1. The van der Waals surface area contributed by atoms with Crippen LogP contribution in [0.2, 0.25) is 0 Å². The van der Waals surface area contributed by atoms with Crippen LogP contribution in [0.25, 0.3) is 0 Å². The van der Waals surface area contributed by atoms with E-state index < -0.39 is 17.3 Å². The molecule has 0 spiro atoms. The zero-order valence-corrected chi connectivity index (χ0v) is 20.4. The molecule has 0 aromatic heterocycles. The fourth-order valence-electron chi connectivity index (χ4n) is 5.44. The standard InChI is InChI=1S/C29H24N2O4S/c1-35-29(34)22-21-16-18-12-8-9-15-20(18)23-27(26(22)33)36-28(30-19-13-6-3-7-14-19)24(31(21)23)25(32)17-10-4-2-5-11-17/h2-15,21,23,27,30,33H,16H2,1H3. The molecule has 36 heavy (non-hydrogen) atoms. The Morgan fingerprint density at radius 2 is 1.64 bits per heavy atom. The van der Waals surface area contributed by atoms with Gasteiger partial charge < -0.3 is 20.1 Å². The number of Topliss-reactive ketones (excluding diaryl/α,β-unsaturated/α-hetero) is 1. The van der Waals surface area contributed by atoms with Crippen LogP contribution in [0.15, 0.2) is 107 Å². The molecule has 0 amide bonds. The lowest BCUT2D eigenvalue weighted by Gasteiger charge is -2.54. The summed E-state index contributed by atoms with van der Waals surface area (Å²) in [5, 5.41) is 15.0. The number of benzene rings is 3. The second-order valence-electron chi connectivity index (χ2n) is 8.96. The van der Waals surface area contributed by atoms with Crippen LogP contribution in [0.1, 0.15) is 27.5 Å². The first-order valence-electron chi connectivity index (χ1n) is 11.8. The highest BCUT2D eigenvalue weighted by molar-refractivity contribution is 8.04. The van der Waals surface area contributed by atoms with Gasteiger partial charge in [-0.15, -0.1) is 0 Å². The number of carbonyl (C=O) groups is 2. The van der Waals surface area contributed by atoms with E-state index in [1.165, 1.54) is 18.9 Å². The summed E-state index contributed by atoms with van der Waals surface area (Å²) in [6, 6.07) is 26.0. The molecule has 0 saturated heterocycles. The van der Waals surface area contributed by atoms with E-state index in [1.807, 2.05) is 71.6 Å². The summed E-state index contributed by atoms with van der Waals surface area (Å²) in [5.74, 6) is -0.692. The molecule has 4 bridgehead atoms. The van der Waals surface area contributed by atoms with E-state index in [0.29, 0.717) is 22.7 Å². The number of nitrogens with one attached hydrogen (secondary N) is 1. The Labute approximate surface area is 213 Å². The number of thioether (sulfide) groups is 1. The Hall–Kier alpha value is -3.97. The molecule has 3 aliphatic heterocycles. The normalized spacial score (nSPS) is 22.1. The highest BCUT2D eigenvalue weighted by Gasteiger charge is 2.54. The van der Waals surface area contributed by atoms with Crippen LogP contribution in [-0.4, -0.2) is 40.2 Å². The zero-order valence-electron chi connectivity index (χ0n) is 19.5. The van der Waals surface area contributed by atoms with Gasteiger partial charge in [-0.2, -0.15) is 0 Å². The van der Waals surface area contributed by atoms with Crippen molar-refractivity contribution >= 4 is 29.2 Å². The van der Waals surface area contributed by atoms with E-state index in [1.54, 1.807) is 12.1 Å². The van der Waals surface area contributed by atoms with Gasteiger partial charge >= 0.3 is 5.97 Å². The number of para-hydroxylation sites is 1. The fourth-order valence-corrected chi connectivity index (χ4v) is 6.82. The Bertz CT molecular complexity index is 1420. The number of carbonyl (C=O) groups excluding carboxylic acids is 2. The second kappa shape index (κ2) is 8.91.